The predicted octanol–water partition coefficient (Wildman–Crippen LogP) is 5.35. The van der Waals surface area contributed by atoms with Crippen molar-refractivity contribution in [2.45, 2.75) is 10.9 Å². The number of nitrogens with zero attached hydrogens (tertiary/aromatic N) is 1. The van der Waals surface area contributed by atoms with Crippen LogP contribution in [0.5, 0.6) is 0 Å². The molecule has 0 saturated heterocycles. The molecule has 98 valence electrons. The van der Waals surface area contributed by atoms with Crippen LogP contribution < -0.4 is 5.32 Å². The lowest BCUT2D eigenvalue weighted by Crippen LogP contribution is -1.96. The molecule has 0 aliphatic heterocycles. The maximum atomic E-state index is 5.91. The molecule has 19 heavy (non-hydrogen) atoms. The molecule has 1 aromatic carbocycles. The smallest absolute Gasteiger partial charge is 0.150 e. The first-order chi connectivity index (χ1) is 9.24. The number of thioether (sulfide) groups is 1. The van der Waals surface area contributed by atoms with Crippen molar-refractivity contribution in [3.8, 4) is 0 Å². The van der Waals surface area contributed by atoms with E-state index in [0.717, 1.165) is 27.1 Å². The van der Waals surface area contributed by atoms with Crippen LogP contribution in [0.1, 0.15) is 4.88 Å². The van der Waals surface area contributed by atoms with Crippen molar-refractivity contribution in [1.29, 1.82) is 0 Å². The lowest BCUT2D eigenvalue weighted by molar-refractivity contribution is 1.19. The van der Waals surface area contributed by atoms with Crippen LogP contribution in [0.2, 0.25) is 5.02 Å². The van der Waals surface area contributed by atoms with Crippen molar-refractivity contribution in [2.75, 3.05) is 11.6 Å². The Morgan fingerprint density at radius 1 is 1.37 bits per heavy atom. The SMILES string of the molecule is CSc1nc2ccc(NCc3cc(Cl)cs3)cc2s1. The number of benzene rings is 1. The third kappa shape index (κ3) is 3.05. The van der Waals surface area contributed by atoms with Gasteiger partial charge in [-0.2, -0.15) is 0 Å². The van der Waals surface area contributed by atoms with Gasteiger partial charge in [-0.1, -0.05) is 23.4 Å². The highest BCUT2D eigenvalue weighted by Crippen LogP contribution is 2.30. The molecule has 0 unspecified atom stereocenters. The molecular weight excluding hydrogens is 316 g/mol. The fraction of sp³-hybridized carbons (Fsp3) is 0.154. The van der Waals surface area contributed by atoms with Crippen molar-refractivity contribution >= 4 is 61.9 Å². The molecule has 0 amide bonds. The highest BCUT2D eigenvalue weighted by atomic mass is 35.5. The van der Waals surface area contributed by atoms with Crippen molar-refractivity contribution in [3.63, 3.8) is 0 Å². The molecule has 2 nitrogen and oxygen atoms in total. The Morgan fingerprint density at radius 2 is 2.26 bits per heavy atom. The first-order valence-electron chi connectivity index (χ1n) is 5.66. The molecule has 2 aromatic heterocycles. The third-order valence-electron chi connectivity index (χ3n) is 2.63. The molecule has 0 spiro atoms. The van der Waals surface area contributed by atoms with Crippen LogP contribution in [-0.4, -0.2) is 11.2 Å². The quantitative estimate of drug-likeness (QED) is 0.654. The fourth-order valence-corrected chi connectivity index (χ4v) is 4.28. The zero-order valence-corrected chi connectivity index (χ0v) is 13.3. The van der Waals surface area contributed by atoms with Gasteiger partial charge in [-0.25, -0.2) is 4.98 Å². The molecule has 0 atom stereocenters. The number of halogens is 1. The van der Waals surface area contributed by atoms with Gasteiger partial charge >= 0.3 is 0 Å². The maximum absolute atomic E-state index is 5.91. The van der Waals surface area contributed by atoms with Crippen LogP contribution in [-0.2, 0) is 6.54 Å². The molecule has 0 aliphatic rings. The summed E-state index contributed by atoms with van der Waals surface area (Å²) in [4.78, 5) is 5.77. The summed E-state index contributed by atoms with van der Waals surface area (Å²) in [5.41, 5.74) is 2.19. The van der Waals surface area contributed by atoms with E-state index in [2.05, 4.69) is 34.8 Å². The van der Waals surface area contributed by atoms with E-state index in [1.54, 1.807) is 34.4 Å². The topological polar surface area (TPSA) is 24.9 Å². The molecule has 0 fully saturated rings. The first kappa shape index (κ1) is 13.2. The Kier molecular flexibility index (Phi) is 3.98. The molecule has 3 aromatic rings. The average Bonchev–Trinajstić information content (AvgIpc) is 3.01. The number of thiazole rings is 1. The normalized spacial score (nSPS) is 11.1. The molecule has 0 radical (unpaired) electrons. The predicted molar refractivity (Wildman–Crippen MR) is 88.1 cm³/mol. The standard InChI is InChI=1S/C13H11ClN2S3/c1-17-13-16-11-3-2-9(5-12(11)19-13)15-6-10-4-8(14)7-18-10/h2-5,7,15H,6H2,1H3. The van der Waals surface area contributed by atoms with E-state index in [1.807, 2.05) is 11.4 Å². The number of hydrogen-bond acceptors (Lipinski definition) is 5. The zero-order chi connectivity index (χ0) is 13.2. The monoisotopic (exact) mass is 326 g/mol. The third-order valence-corrected chi connectivity index (χ3v) is 5.92. The van der Waals surface area contributed by atoms with Crippen molar-refractivity contribution in [1.82, 2.24) is 4.98 Å². The van der Waals surface area contributed by atoms with E-state index < -0.39 is 0 Å². The maximum Gasteiger partial charge on any atom is 0.150 e. The van der Waals surface area contributed by atoms with E-state index in [-0.39, 0.29) is 0 Å². The van der Waals surface area contributed by atoms with Gasteiger partial charge in [0, 0.05) is 22.5 Å². The van der Waals surface area contributed by atoms with Gasteiger partial charge in [0.1, 0.15) is 0 Å². The van der Waals surface area contributed by atoms with Gasteiger partial charge < -0.3 is 5.32 Å². The molecule has 6 heteroatoms. The Morgan fingerprint density at radius 3 is 3.00 bits per heavy atom. The lowest BCUT2D eigenvalue weighted by Gasteiger charge is -2.04. The van der Waals surface area contributed by atoms with Gasteiger partial charge in [0.05, 0.1) is 15.2 Å². The van der Waals surface area contributed by atoms with Crippen LogP contribution >= 0.6 is 46.0 Å². The summed E-state index contributed by atoms with van der Waals surface area (Å²) in [6.45, 7) is 0.803. The Labute approximate surface area is 128 Å². The summed E-state index contributed by atoms with van der Waals surface area (Å²) < 4.78 is 2.33. The van der Waals surface area contributed by atoms with Crippen LogP contribution in [0.4, 0.5) is 5.69 Å². The first-order valence-corrected chi connectivity index (χ1v) is 8.96. The second kappa shape index (κ2) is 5.71. The van der Waals surface area contributed by atoms with Gasteiger partial charge in [-0.05, 0) is 30.5 Å². The number of hydrogen-bond donors (Lipinski definition) is 1. The lowest BCUT2D eigenvalue weighted by atomic mass is 10.3. The minimum Gasteiger partial charge on any atom is -0.380 e. The Balaban J connectivity index is 1.77. The Hall–Kier alpha value is -0.750. The van der Waals surface area contributed by atoms with Gasteiger partial charge in [0.25, 0.3) is 0 Å². The van der Waals surface area contributed by atoms with Crippen LogP contribution in [0, 0.1) is 0 Å². The minimum atomic E-state index is 0.803. The second-order valence-electron chi connectivity index (χ2n) is 3.95. The van der Waals surface area contributed by atoms with E-state index in [9.17, 15) is 0 Å². The van der Waals surface area contributed by atoms with Crippen LogP contribution in [0.3, 0.4) is 0 Å². The van der Waals surface area contributed by atoms with Gasteiger partial charge in [0.2, 0.25) is 0 Å². The van der Waals surface area contributed by atoms with Crippen molar-refractivity contribution in [2.24, 2.45) is 0 Å². The number of fused-ring (bicyclic) bond motifs is 1. The highest BCUT2D eigenvalue weighted by Gasteiger charge is 2.04. The number of nitrogens with one attached hydrogen (secondary N) is 1. The molecule has 0 bridgehead atoms. The number of anilines is 1. The van der Waals surface area contributed by atoms with Crippen molar-refractivity contribution < 1.29 is 0 Å². The molecule has 1 N–H and O–H groups in total. The Bertz CT molecular complexity index is 705. The number of rotatable bonds is 4. The van der Waals surface area contributed by atoms with E-state index >= 15 is 0 Å². The minimum absolute atomic E-state index is 0.803. The molecular formula is C13H11ClN2S3. The van der Waals surface area contributed by atoms with Gasteiger partial charge in [0.15, 0.2) is 4.34 Å². The van der Waals surface area contributed by atoms with E-state index in [0.29, 0.717) is 0 Å². The van der Waals surface area contributed by atoms with Crippen LogP contribution in [0.15, 0.2) is 34.0 Å². The summed E-state index contributed by atoms with van der Waals surface area (Å²) in [5.74, 6) is 0. The van der Waals surface area contributed by atoms with Gasteiger partial charge in [-0.3, -0.25) is 0 Å². The number of aromatic nitrogens is 1. The summed E-state index contributed by atoms with van der Waals surface area (Å²) in [7, 11) is 0. The average molecular weight is 327 g/mol. The second-order valence-corrected chi connectivity index (χ2v) is 7.47. The van der Waals surface area contributed by atoms with Crippen molar-refractivity contribution in [3.05, 3.63) is 39.5 Å². The molecule has 0 aliphatic carbocycles. The van der Waals surface area contributed by atoms with Gasteiger partial charge in [-0.15, -0.1) is 22.7 Å². The largest absolute Gasteiger partial charge is 0.380 e. The molecule has 2 heterocycles. The summed E-state index contributed by atoms with van der Waals surface area (Å²) in [6, 6.07) is 8.29. The molecule has 0 saturated carbocycles. The zero-order valence-electron chi connectivity index (χ0n) is 10.1. The van der Waals surface area contributed by atoms with E-state index in [1.165, 1.54) is 9.58 Å². The molecule has 3 rings (SSSR count). The highest BCUT2D eigenvalue weighted by molar-refractivity contribution is 8.00. The fourth-order valence-electron chi connectivity index (χ4n) is 1.74. The van der Waals surface area contributed by atoms with E-state index in [4.69, 9.17) is 11.6 Å². The summed E-state index contributed by atoms with van der Waals surface area (Å²) in [6.07, 6.45) is 2.05. The van der Waals surface area contributed by atoms with Crippen LogP contribution in [0.25, 0.3) is 10.2 Å². The summed E-state index contributed by atoms with van der Waals surface area (Å²) in [5, 5.41) is 6.18. The summed E-state index contributed by atoms with van der Waals surface area (Å²) >= 11 is 11.0. The number of thiophene rings is 1.